The SMILES string of the molecule is CN(C(=O)OC(C)(C)C)[C@@H]1[C@@H](O)[C@@H](O[C@H]2[C@H](NC(=O)C(O)C3CN(C(=O)OC(C)(C)C)C3)C[C@H](NC(=O)OC(C)(C)C)C([C@H]3OC(CNCCCN4C(=O)c5ccccc5C4=O)=CC[C@H]3NC(=O)OC(C)(C)C)[C@@H]2O)OC[C@]1(C)O. The zero-order chi connectivity index (χ0) is 59.6. The molecular formula is C55H85N7O18. The zero-order valence-electron chi connectivity index (χ0n) is 48.5. The third-order valence-electron chi connectivity index (χ3n) is 13.9. The predicted octanol–water partition coefficient (Wildman–Crippen LogP) is 2.90. The highest BCUT2D eigenvalue weighted by molar-refractivity contribution is 6.21. The van der Waals surface area contributed by atoms with Gasteiger partial charge < -0.3 is 84.7 Å². The van der Waals surface area contributed by atoms with Crippen LogP contribution in [0.15, 0.2) is 36.1 Å². The molecule has 0 radical (unpaired) electrons. The van der Waals surface area contributed by atoms with Gasteiger partial charge in [-0.2, -0.15) is 0 Å². The standard InChI is InChI=1S/C55H85N7O18/c1-51(2,3)77-47(69)58-33-21-20-30(25-56-22-17-23-62-44(67)31-18-15-16-19-32(31)45(62)68)75-40(33)36-34(59-48(70)78-52(4,5)6)24-35(57-43(66)37(63)29-26-61(27-29)50(72)80-54(10,11)12)41(38(36)64)76-46-39(65)42(55(13,73)28-74-46)60(14)49(71)79-53(7,8)9/h15-16,18-20,29,33-42,46,56,63-65,73H,17,21-28H2,1-14H3,(H,57,66)(H,58,69)(H,59,70)/t33-,34+,35-,36?,37?,38+,39-,40+,41+,42-,46-,55+/m1/s1. The molecule has 448 valence electrons. The van der Waals surface area contributed by atoms with E-state index in [0.29, 0.717) is 29.9 Å². The number of rotatable bonds is 15. The van der Waals surface area contributed by atoms with Crippen LogP contribution in [-0.4, -0.2) is 213 Å². The predicted molar refractivity (Wildman–Crippen MR) is 286 cm³/mol. The molecule has 0 spiro atoms. The lowest BCUT2D eigenvalue weighted by molar-refractivity contribution is -0.306. The summed E-state index contributed by atoms with van der Waals surface area (Å²) in [6.45, 7) is 21.3. The number of aliphatic hydroxyl groups is 4. The summed E-state index contributed by atoms with van der Waals surface area (Å²) in [7, 11) is 1.32. The van der Waals surface area contributed by atoms with E-state index in [1.54, 1.807) is 113 Å². The number of hydrogen-bond donors (Lipinski definition) is 8. The van der Waals surface area contributed by atoms with Crippen molar-refractivity contribution in [3.05, 3.63) is 47.2 Å². The summed E-state index contributed by atoms with van der Waals surface area (Å²) in [5, 5.41) is 60.1. The molecule has 1 aliphatic carbocycles. The number of benzene rings is 1. The Kier molecular flexibility index (Phi) is 19.6. The highest BCUT2D eigenvalue weighted by atomic mass is 16.7. The number of nitrogens with one attached hydrogen (secondary N) is 4. The van der Waals surface area contributed by atoms with E-state index in [1.165, 1.54) is 23.8 Å². The highest BCUT2D eigenvalue weighted by Gasteiger charge is 2.57. The Morgan fingerprint density at radius 2 is 1.34 bits per heavy atom. The first-order valence-electron chi connectivity index (χ1n) is 27.2. The first-order chi connectivity index (χ1) is 36.9. The molecule has 0 aromatic heterocycles. The average molecular weight is 1130 g/mol. The zero-order valence-corrected chi connectivity index (χ0v) is 48.5. The quantitative estimate of drug-likeness (QED) is 0.0711. The van der Waals surface area contributed by atoms with Crippen molar-refractivity contribution in [2.24, 2.45) is 11.8 Å². The summed E-state index contributed by atoms with van der Waals surface area (Å²) in [6, 6.07) is 1.64. The summed E-state index contributed by atoms with van der Waals surface area (Å²) >= 11 is 0. The second-order valence-electron chi connectivity index (χ2n) is 25.5. The maximum Gasteiger partial charge on any atom is 0.410 e. The minimum atomic E-state index is -1.89. The number of carbonyl (C=O) groups excluding carboxylic acids is 7. The first-order valence-corrected chi connectivity index (χ1v) is 27.2. The molecule has 1 saturated carbocycles. The summed E-state index contributed by atoms with van der Waals surface area (Å²) in [5.41, 5.74) is -4.95. The molecule has 8 N–H and O–H groups in total. The van der Waals surface area contributed by atoms with Gasteiger partial charge in [0, 0.05) is 44.6 Å². The van der Waals surface area contributed by atoms with Gasteiger partial charge in [-0.3, -0.25) is 19.3 Å². The fraction of sp³-hybridized carbons (Fsp3) is 0.727. The van der Waals surface area contributed by atoms with Gasteiger partial charge in [0.1, 0.15) is 58.2 Å². The second kappa shape index (κ2) is 24.7. The van der Waals surface area contributed by atoms with Crippen LogP contribution < -0.4 is 21.3 Å². The number of likely N-dealkylation sites (N-methyl/N-ethyl adjacent to an activating group) is 1. The van der Waals surface area contributed by atoms with Crippen molar-refractivity contribution in [3.63, 3.8) is 0 Å². The van der Waals surface area contributed by atoms with Gasteiger partial charge in [0.25, 0.3) is 11.8 Å². The van der Waals surface area contributed by atoms with Crippen LogP contribution in [0.1, 0.15) is 130 Å². The fourth-order valence-corrected chi connectivity index (χ4v) is 10.4. The van der Waals surface area contributed by atoms with Crippen molar-refractivity contribution in [1.82, 2.24) is 36.0 Å². The Morgan fingerprint density at radius 1 is 0.787 bits per heavy atom. The molecule has 3 fully saturated rings. The van der Waals surface area contributed by atoms with E-state index in [4.69, 9.17) is 33.2 Å². The maximum atomic E-state index is 14.3. The summed E-state index contributed by atoms with van der Waals surface area (Å²) in [6.07, 6.45) is -11.4. The van der Waals surface area contributed by atoms with Crippen molar-refractivity contribution in [3.8, 4) is 0 Å². The lowest BCUT2D eigenvalue weighted by Gasteiger charge is -2.52. The molecule has 25 nitrogen and oxygen atoms in total. The number of likely N-dealkylation sites (tertiary alicyclic amines) is 1. The average Bonchev–Trinajstić information content (AvgIpc) is 3.53. The topological polar surface area (TPSA) is 323 Å². The summed E-state index contributed by atoms with van der Waals surface area (Å²) in [4.78, 5) is 97.6. The van der Waals surface area contributed by atoms with Gasteiger partial charge in [0.15, 0.2) is 6.29 Å². The van der Waals surface area contributed by atoms with Crippen LogP contribution in [0.2, 0.25) is 0 Å². The Hall–Kier alpha value is -5.83. The number of amides is 7. The van der Waals surface area contributed by atoms with E-state index < -0.39 is 138 Å². The van der Waals surface area contributed by atoms with Crippen LogP contribution >= 0.6 is 0 Å². The number of nitrogens with zero attached hydrogens (tertiary/aromatic N) is 3. The molecule has 12 atom stereocenters. The van der Waals surface area contributed by atoms with Gasteiger partial charge >= 0.3 is 24.4 Å². The molecule has 80 heavy (non-hydrogen) atoms. The third-order valence-corrected chi connectivity index (χ3v) is 13.9. The van der Waals surface area contributed by atoms with E-state index in [1.807, 2.05) is 0 Å². The van der Waals surface area contributed by atoms with E-state index in [-0.39, 0.29) is 50.8 Å². The van der Waals surface area contributed by atoms with Crippen molar-refractivity contribution >= 4 is 42.1 Å². The van der Waals surface area contributed by atoms with Crippen molar-refractivity contribution in [1.29, 1.82) is 0 Å². The van der Waals surface area contributed by atoms with Crippen LogP contribution in [0.3, 0.4) is 0 Å². The smallest absolute Gasteiger partial charge is 0.410 e. The number of aliphatic hydroxyl groups excluding tert-OH is 3. The van der Waals surface area contributed by atoms with Crippen LogP contribution in [0.5, 0.6) is 0 Å². The minimum absolute atomic E-state index is 0.0292. The van der Waals surface area contributed by atoms with Gasteiger partial charge in [-0.05, 0) is 134 Å². The Morgan fingerprint density at radius 3 is 1.89 bits per heavy atom. The molecular weight excluding hydrogens is 1050 g/mol. The Labute approximate surface area is 467 Å². The molecule has 2 saturated heterocycles. The van der Waals surface area contributed by atoms with E-state index in [2.05, 4.69) is 21.3 Å². The maximum absolute atomic E-state index is 14.3. The van der Waals surface area contributed by atoms with Crippen molar-refractivity contribution in [2.45, 2.75) is 198 Å². The first kappa shape index (κ1) is 63.4. The third kappa shape index (κ3) is 16.2. The van der Waals surface area contributed by atoms with Gasteiger partial charge in [-0.1, -0.05) is 12.1 Å². The van der Waals surface area contributed by atoms with Gasteiger partial charge in [0.05, 0.1) is 48.5 Å². The molecule has 1 aromatic rings. The molecule has 1 aromatic carbocycles. The molecule has 6 rings (SSSR count). The monoisotopic (exact) mass is 1130 g/mol. The number of hydrogen-bond acceptors (Lipinski definition) is 19. The number of carbonyl (C=O) groups is 7. The molecule has 25 heteroatoms. The van der Waals surface area contributed by atoms with E-state index in [0.717, 1.165) is 4.90 Å². The highest BCUT2D eigenvalue weighted by Crippen LogP contribution is 2.39. The van der Waals surface area contributed by atoms with Crippen molar-refractivity contribution < 1.29 is 87.1 Å². The van der Waals surface area contributed by atoms with Gasteiger partial charge in [0.2, 0.25) is 5.91 Å². The number of imide groups is 1. The Bertz CT molecular complexity index is 2420. The molecule has 5 aliphatic rings. The van der Waals surface area contributed by atoms with Crippen LogP contribution in [0.25, 0.3) is 0 Å². The van der Waals surface area contributed by atoms with E-state index >= 15 is 0 Å². The molecule has 4 heterocycles. The molecule has 7 amide bonds. The van der Waals surface area contributed by atoms with Gasteiger partial charge in [-0.25, -0.2) is 19.2 Å². The normalized spacial score (nSPS) is 28.8. The fourth-order valence-electron chi connectivity index (χ4n) is 10.4. The largest absolute Gasteiger partial charge is 0.491 e. The Balaban J connectivity index is 1.33. The number of ether oxygens (including phenoxy) is 7. The second-order valence-corrected chi connectivity index (χ2v) is 25.5. The van der Waals surface area contributed by atoms with Crippen LogP contribution in [-0.2, 0) is 38.0 Å². The van der Waals surface area contributed by atoms with E-state index in [9.17, 15) is 54.0 Å². The lowest BCUT2D eigenvalue weighted by Crippen LogP contribution is -2.71. The number of fused-ring (bicyclic) bond motifs is 1. The molecule has 0 bridgehead atoms. The van der Waals surface area contributed by atoms with Crippen molar-refractivity contribution in [2.75, 3.05) is 46.4 Å². The molecule has 4 aliphatic heterocycles. The summed E-state index contributed by atoms with van der Waals surface area (Å²) in [5.74, 6) is -3.39. The molecule has 2 unspecified atom stereocenters. The van der Waals surface area contributed by atoms with Gasteiger partial charge in [-0.15, -0.1) is 0 Å². The van der Waals surface area contributed by atoms with Crippen LogP contribution in [0.4, 0.5) is 19.2 Å². The summed E-state index contributed by atoms with van der Waals surface area (Å²) < 4.78 is 41.7. The number of alkyl carbamates (subject to hydrolysis) is 2. The van der Waals surface area contributed by atoms with Crippen LogP contribution in [0, 0.1) is 11.8 Å². The minimum Gasteiger partial charge on any atom is -0.491 e. The lowest BCUT2D eigenvalue weighted by atomic mass is 9.72.